The first-order valence-electron chi connectivity index (χ1n) is 5.40. The Hall–Kier alpha value is -1.48. The van der Waals surface area contributed by atoms with E-state index in [1.807, 2.05) is 36.6 Å². The van der Waals surface area contributed by atoms with Crippen LogP contribution < -0.4 is 4.74 Å². The van der Waals surface area contributed by atoms with Crippen molar-refractivity contribution in [2.45, 2.75) is 12.7 Å². The second-order valence-corrected chi connectivity index (χ2v) is 4.67. The molecule has 0 aliphatic heterocycles. The molecule has 0 atom stereocenters. The Bertz CT molecular complexity index is 549. The molecule has 2 rings (SSSR count). The van der Waals surface area contributed by atoms with Gasteiger partial charge >= 0.3 is 5.97 Å². The molecule has 0 heterocycles. The molecule has 0 saturated heterocycles. The van der Waals surface area contributed by atoms with Crippen LogP contribution in [0.25, 0.3) is 10.8 Å². The van der Waals surface area contributed by atoms with Gasteiger partial charge in [-0.3, -0.25) is 4.79 Å². The molecule has 0 spiro atoms. The third-order valence-corrected chi connectivity index (χ3v) is 3.11. The number of fused-ring (bicyclic) bond motifs is 1. The lowest BCUT2D eigenvalue weighted by Gasteiger charge is -2.11. The van der Waals surface area contributed by atoms with Gasteiger partial charge in [0.2, 0.25) is 0 Å². The Labute approximate surface area is 105 Å². The summed E-state index contributed by atoms with van der Waals surface area (Å²) >= 11 is 1.71. The van der Waals surface area contributed by atoms with Gasteiger partial charge < -0.3 is 4.74 Å². The van der Waals surface area contributed by atoms with Crippen molar-refractivity contribution >= 4 is 28.5 Å². The number of benzene rings is 2. The zero-order valence-electron chi connectivity index (χ0n) is 9.90. The molecule has 17 heavy (non-hydrogen) atoms. The van der Waals surface area contributed by atoms with E-state index in [1.54, 1.807) is 11.8 Å². The van der Waals surface area contributed by atoms with E-state index < -0.39 is 0 Å². The molecular formula is C14H14O2S. The van der Waals surface area contributed by atoms with Crippen molar-refractivity contribution in [1.82, 2.24) is 0 Å². The van der Waals surface area contributed by atoms with Gasteiger partial charge in [0.1, 0.15) is 5.75 Å². The van der Waals surface area contributed by atoms with Crippen LogP contribution in [0.15, 0.2) is 36.4 Å². The van der Waals surface area contributed by atoms with E-state index in [-0.39, 0.29) is 5.97 Å². The fraction of sp³-hybridized carbons (Fsp3) is 0.214. The summed E-state index contributed by atoms with van der Waals surface area (Å²) in [6.45, 7) is 1.44. The van der Waals surface area contributed by atoms with E-state index in [1.165, 1.54) is 6.92 Å². The summed E-state index contributed by atoms with van der Waals surface area (Å²) in [4.78, 5) is 11.2. The van der Waals surface area contributed by atoms with Gasteiger partial charge in [0, 0.05) is 23.6 Å². The number of hydrogen-bond acceptors (Lipinski definition) is 3. The lowest BCUT2D eigenvalue weighted by molar-refractivity contribution is -0.131. The average molecular weight is 246 g/mol. The fourth-order valence-corrected chi connectivity index (χ4v) is 2.36. The quantitative estimate of drug-likeness (QED) is 0.611. The van der Waals surface area contributed by atoms with Gasteiger partial charge in [-0.25, -0.2) is 0 Å². The molecule has 0 fully saturated rings. The minimum Gasteiger partial charge on any atom is -0.426 e. The maximum Gasteiger partial charge on any atom is 0.308 e. The van der Waals surface area contributed by atoms with Crippen LogP contribution in [-0.2, 0) is 10.5 Å². The largest absolute Gasteiger partial charge is 0.426 e. The van der Waals surface area contributed by atoms with Crippen LogP contribution in [0, 0.1) is 0 Å². The maximum atomic E-state index is 11.2. The highest BCUT2D eigenvalue weighted by Gasteiger charge is 2.10. The first-order chi connectivity index (χ1) is 8.22. The van der Waals surface area contributed by atoms with Crippen LogP contribution in [0.2, 0.25) is 0 Å². The Morgan fingerprint density at radius 2 is 2.00 bits per heavy atom. The number of ether oxygens (including phenoxy) is 1. The second-order valence-electron chi connectivity index (χ2n) is 3.80. The molecule has 0 N–H and O–H groups in total. The van der Waals surface area contributed by atoms with Gasteiger partial charge in [-0.15, -0.1) is 0 Å². The summed E-state index contributed by atoms with van der Waals surface area (Å²) in [5, 5.41) is 2.09. The number of rotatable bonds is 3. The molecule has 0 aliphatic rings. The van der Waals surface area contributed by atoms with Gasteiger partial charge in [-0.1, -0.05) is 36.4 Å². The third kappa shape index (κ3) is 2.61. The van der Waals surface area contributed by atoms with Crippen molar-refractivity contribution in [3.63, 3.8) is 0 Å². The van der Waals surface area contributed by atoms with E-state index >= 15 is 0 Å². The first kappa shape index (κ1) is 12.0. The predicted octanol–water partition coefficient (Wildman–Crippen LogP) is 3.63. The minimum absolute atomic E-state index is 0.274. The molecule has 88 valence electrons. The number of carbonyl (C=O) groups excluding carboxylic acids is 1. The summed E-state index contributed by atoms with van der Waals surface area (Å²) in [5.74, 6) is 1.27. The standard InChI is InChI=1S/C14H14O2S/c1-10(15)16-14-12(9-17-2)8-7-11-5-3-4-6-13(11)14/h3-8H,9H2,1-2H3. The van der Waals surface area contributed by atoms with Crippen LogP contribution in [0.5, 0.6) is 5.75 Å². The number of carbonyl (C=O) groups is 1. The summed E-state index contributed by atoms with van der Waals surface area (Å²) in [6.07, 6.45) is 2.03. The number of esters is 1. The smallest absolute Gasteiger partial charge is 0.308 e. The zero-order valence-corrected chi connectivity index (χ0v) is 10.7. The maximum absolute atomic E-state index is 11.2. The van der Waals surface area contributed by atoms with E-state index in [0.717, 1.165) is 22.1 Å². The van der Waals surface area contributed by atoms with E-state index in [9.17, 15) is 4.79 Å². The summed E-state index contributed by atoms with van der Waals surface area (Å²) in [7, 11) is 0. The number of hydrogen-bond donors (Lipinski definition) is 0. The predicted molar refractivity (Wildman–Crippen MR) is 72.5 cm³/mol. The van der Waals surface area contributed by atoms with Crippen molar-refractivity contribution in [3.8, 4) is 5.75 Å². The average Bonchev–Trinajstić information content (AvgIpc) is 2.32. The lowest BCUT2D eigenvalue weighted by atomic mass is 10.1. The molecule has 0 saturated carbocycles. The van der Waals surface area contributed by atoms with Crippen LogP contribution in [0.1, 0.15) is 12.5 Å². The highest BCUT2D eigenvalue weighted by molar-refractivity contribution is 7.97. The monoisotopic (exact) mass is 246 g/mol. The Kier molecular flexibility index (Phi) is 3.69. The molecule has 0 radical (unpaired) electrons. The van der Waals surface area contributed by atoms with Crippen molar-refractivity contribution < 1.29 is 9.53 Å². The molecule has 2 aromatic rings. The Morgan fingerprint density at radius 1 is 1.24 bits per heavy atom. The Balaban J connectivity index is 2.61. The molecule has 0 unspecified atom stereocenters. The van der Waals surface area contributed by atoms with Crippen molar-refractivity contribution in [1.29, 1.82) is 0 Å². The molecule has 0 bridgehead atoms. The van der Waals surface area contributed by atoms with Gasteiger partial charge in [-0.05, 0) is 11.6 Å². The van der Waals surface area contributed by atoms with Crippen molar-refractivity contribution in [3.05, 3.63) is 42.0 Å². The van der Waals surface area contributed by atoms with Crippen LogP contribution in [0.3, 0.4) is 0 Å². The second kappa shape index (κ2) is 5.23. The molecule has 0 amide bonds. The topological polar surface area (TPSA) is 26.3 Å². The van der Waals surface area contributed by atoms with Gasteiger partial charge in [0.25, 0.3) is 0 Å². The van der Waals surface area contributed by atoms with Gasteiger partial charge in [0.05, 0.1) is 0 Å². The highest BCUT2D eigenvalue weighted by atomic mass is 32.2. The molecule has 0 aliphatic carbocycles. The summed E-state index contributed by atoms with van der Waals surface area (Å²) in [6, 6.07) is 12.0. The third-order valence-electron chi connectivity index (χ3n) is 2.51. The molecule has 2 nitrogen and oxygen atoms in total. The van der Waals surface area contributed by atoms with E-state index in [2.05, 4.69) is 6.07 Å². The van der Waals surface area contributed by atoms with Crippen molar-refractivity contribution in [2.75, 3.05) is 6.26 Å². The molecule has 0 aromatic heterocycles. The van der Waals surface area contributed by atoms with Crippen LogP contribution >= 0.6 is 11.8 Å². The van der Waals surface area contributed by atoms with Crippen LogP contribution in [0.4, 0.5) is 0 Å². The molecular weight excluding hydrogens is 232 g/mol. The SMILES string of the molecule is CSCc1ccc2ccccc2c1OC(C)=O. The molecule has 2 aromatic carbocycles. The van der Waals surface area contributed by atoms with Gasteiger partial charge in [-0.2, -0.15) is 11.8 Å². The van der Waals surface area contributed by atoms with Crippen LogP contribution in [-0.4, -0.2) is 12.2 Å². The normalized spacial score (nSPS) is 10.5. The van der Waals surface area contributed by atoms with E-state index in [4.69, 9.17) is 4.74 Å². The van der Waals surface area contributed by atoms with Gasteiger partial charge in [0.15, 0.2) is 0 Å². The minimum atomic E-state index is -0.274. The summed E-state index contributed by atoms with van der Waals surface area (Å²) < 4.78 is 5.36. The fourth-order valence-electron chi connectivity index (χ4n) is 1.82. The summed E-state index contributed by atoms with van der Waals surface area (Å²) in [5.41, 5.74) is 1.06. The number of thioether (sulfide) groups is 1. The zero-order chi connectivity index (χ0) is 12.3. The molecule has 3 heteroatoms. The first-order valence-corrected chi connectivity index (χ1v) is 6.79. The Morgan fingerprint density at radius 3 is 2.71 bits per heavy atom. The highest BCUT2D eigenvalue weighted by Crippen LogP contribution is 2.31. The van der Waals surface area contributed by atoms with E-state index in [0.29, 0.717) is 5.75 Å². The van der Waals surface area contributed by atoms with Crippen molar-refractivity contribution in [2.24, 2.45) is 0 Å². The lowest BCUT2D eigenvalue weighted by Crippen LogP contribution is -2.04.